The van der Waals surface area contributed by atoms with Crippen LogP contribution in [0.2, 0.25) is 0 Å². The summed E-state index contributed by atoms with van der Waals surface area (Å²) in [6.45, 7) is 2.80. The summed E-state index contributed by atoms with van der Waals surface area (Å²) in [4.78, 5) is 26.5. The van der Waals surface area contributed by atoms with E-state index in [4.69, 9.17) is 14.2 Å². The van der Waals surface area contributed by atoms with E-state index in [0.29, 0.717) is 41.9 Å². The highest BCUT2D eigenvalue weighted by Crippen LogP contribution is 2.32. The van der Waals surface area contributed by atoms with Crippen molar-refractivity contribution in [2.24, 2.45) is 0 Å². The number of benzene rings is 1. The summed E-state index contributed by atoms with van der Waals surface area (Å²) in [5.41, 5.74) is 3.16. The van der Waals surface area contributed by atoms with Gasteiger partial charge in [-0.2, -0.15) is 0 Å². The summed E-state index contributed by atoms with van der Waals surface area (Å²) in [5, 5.41) is 3.07. The molecule has 3 aromatic rings. The molecule has 35 heavy (non-hydrogen) atoms. The van der Waals surface area contributed by atoms with Gasteiger partial charge in [-0.05, 0) is 56.8 Å². The van der Waals surface area contributed by atoms with E-state index >= 15 is 0 Å². The molecule has 5 rings (SSSR count). The Morgan fingerprint density at radius 2 is 2.00 bits per heavy atom. The number of amides is 1. The summed E-state index contributed by atoms with van der Waals surface area (Å²) in [6, 6.07) is 11.7. The van der Waals surface area contributed by atoms with Gasteiger partial charge in [0, 0.05) is 31.4 Å². The van der Waals surface area contributed by atoms with Crippen LogP contribution in [-0.2, 0) is 11.3 Å². The van der Waals surface area contributed by atoms with Crippen LogP contribution in [-0.4, -0.2) is 78.7 Å². The number of methoxy groups -OCH3 is 1. The maximum absolute atomic E-state index is 13.2. The Balaban J connectivity index is 1.21. The molecule has 2 aliphatic heterocycles. The monoisotopic (exact) mass is 477 g/mol. The molecule has 0 spiro atoms. The fourth-order valence-corrected chi connectivity index (χ4v) is 4.85. The molecular formula is C26H31N5O4. The smallest absolute Gasteiger partial charge is 0.241 e. The molecule has 0 saturated carbocycles. The van der Waals surface area contributed by atoms with Crippen molar-refractivity contribution in [3.63, 3.8) is 0 Å². The minimum Gasteiger partial charge on any atom is -0.486 e. The highest BCUT2D eigenvalue weighted by molar-refractivity contribution is 6.01. The van der Waals surface area contributed by atoms with Crippen LogP contribution in [0.15, 0.2) is 42.6 Å². The lowest BCUT2D eigenvalue weighted by Crippen LogP contribution is -2.53. The Morgan fingerprint density at radius 3 is 2.80 bits per heavy atom. The first-order chi connectivity index (χ1) is 17.0. The van der Waals surface area contributed by atoms with Crippen molar-refractivity contribution in [1.29, 1.82) is 0 Å². The number of piperidine rings is 1. The van der Waals surface area contributed by atoms with Crippen LogP contribution in [0, 0.1) is 0 Å². The molecule has 184 valence electrons. The number of carbonyl (C=O) groups excluding carboxylic acids is 1. The topological polar surface area (TPSA) is 89.0 Å². The quantitative estimate of drug-likeness (QED) is 0.580. The zero-order valence-corrected chi connectivity index (χ0v) is 20.4. The lowest BCUT2D eigenvalue weighted by atomic mass is 9.96. The van der Waals surface area contributed by atoms with Crippen LogP contribution in [0.1, 0.15) is 18.4 Å². The SMILES string of the molecule is COc1ccc2nccc(NC(=O)[C@@H]3CC[C@H](N(C)Cc4ccc5c(c4)OCCO5)CN3C)c2n1. The van der Waals surface area contributed by atoms with Gasteiger partial charge >= 0.3 is 0 Å². The number of fused-ring (bicyclic) bond motifs is 2. The van der Waals surface area contributed by atoms with E-state index in [1.165, 1.54) is 5.56 Å². The van der Waals surface area contributed by atoms with Crippen LogP contribution >= 0.6 is 0 Å². The normalized spacial score (nSPS) is 20.1. The lowest BCUT2D eigenvalue weighted by molar-refractivity contribution is -0.122. The summed E-state index contributed by atoms with van der Waals surface area (Å²) in [5.74, 6) is 2.08. The number of hydrogen-bond donors (Lipinski definition) is 1. The molecule has 1 fully saturated rings. The number of nitrogens with zero attached hydrogens (tertiary/aromatic N) is 4. The average molecular weight is 478 g/mol. The van der Waals surface area contributed by atoms with Crippen molar-refractivity contribution in [2.75, 3.05) is 46.3 Å². The van der Waals surface area contributed by atoms with Crippen LogP contribution < -0.4 is 19.5 Å². The van der Waals surface area contributed by atoms with Crippen LogP contribution in [0.25, 0.3) is 11.0 Å². The van der Waals surface area contributed by atoms with Gasteiger partial charge in [0.25, 0.3) is 0 Å². The molecule has 0 bridgehead atoms. The minimum atomic E-state index is -0.206. The van der Waals surface area contributed by atoms with Gasteiger partial charge in [0.2, 0.25) is 11.8 Å². The van der Waals surface area contributed by atoms with Gasteiger partial charge in [-0.15, -0.1) is 0 Å². The fourth-order valence-electron chi connectivity index (χ4n) is 4.85. The van der Waals surface area contributed by atoms with Crippen molar-refractivity contribution >= 4 is 22.6 Å². The Bertz CT molecular complexity index is 1220. The second-order valence-corrected chi connectivity index (χ2v) is 9.15. The summed E-state index contributed by atoms with van der Waals surface area (Å²) in [7, 11) is 5.72. The summed E-state index contributed by atoms with van der Waals surface area (Å²) in [6.07, 6.45) is 3.39. The Hall–Kier alpha value is -3.43. The average Bonchev–Trinajstić information content (AvgIpc) is 2.88. The standard InChI is InChI=1S/C26H31N5O4/c1-30(15-17-4-8-22-23(14-17)35-13-12-34-22)18-5-7-21(31(2)16-18)26(32)28-20-10-11-27-19-6-9-24(33-3)29-25(19)20/h4,6,8-11,14,18,21H,5,7,12-13,15-16H2,1-3H3,(H,27,28,32)/t18-,21-/m0/s1. The molecule has 4 heterocycles. The van der Waals surface area contributed by atoms with Crippen molar-refractivity contribution in [3.05, 3.63) is 48.2 Å². The molecule has 0 unspecified atom stereocenters. The van der Waals surface area contributed by atoms with E-state index in [2.05, 4.69) is 44.3 Å². The number of rotatable bonds is 6. The molecular weight excluding hydrogens is 446 g/mol. The second-order valence-electron chi connectivity index (χ2n) is 9.15. The maximum Gasteiger partial charge on any atom is 0.241 e. The molecule has 0 radical (unpaired) electrons. The number of likely N-dealkylation sites (N-methyl/N-ethyl adjacent to an activating group) is 2. The number of likely N-dealkylation sites (tertiary alicyclic amines) is 1. The number of aromatic nitrogens is 2. The second kappa shape index (κ2) is 10.1. The van der Waals surface area contributed by atoms with E-state index in [9.17, 15) is 4.79 Å². The Kier molecular flexibility index (Phi) is 6.70. The highest BCUT2D eigenvalue weighted by Gasteiger charge is 2.32. The number of anilines is 1. The van der Waals surface area contributed by atoms with Crippen LogP contribution in [0.3, 0.4) is 0 Å². The molecule has 2 aliphatic rings. The van der Waals surface area contributed by atoms with E-state index in [1.54, 1.807) is 25.4 Å². The van der Waals surface area contributed by atoms with Gasteiger partial charge in [0.15, 0.2) is 11.5 Å². The van der Waals surface area contributed by atoms with Gasteiger partial charge in [-0.25, -0.2) is 4.98 Å². The van der Waals surface area contributed by atoms with E-state index in [-0.39, 0.29) is 11.9 Å². The molecule has 1 saturated heterocycles. The number of nitrogens with one attached hydrogen (secondary N) is 1. The number of hydrogen-bond acceptors (Lipinski definition) is 8. The molecule has 1 aromatic carbocycles. The summed E-state index contributed by atoms with van der Waals surface area (Å²) < 4.78 is 16.6. The molecule has 1 N–H and O–H groups in total. The summed E-state index contributed by atoms with van der Waals surface area (Å²) >= 11 is 0. The van der Waals surface area contributed by atoms with Gasteiger partial charge in [0.1, 0.15) is 18.7 Å². The van der Waals surface area contributed by atoms with Crippen molar-refractivity contribution in [2.45, 2.75) is 31.5 Å². The van der Waals surface area contributed by atoms with E-state index < -0.39 is 0 Å². The fraction of sp³-hybridized carbons (Fsp3) is 0.423. The van der Waals surface area contributed by atoms with Gasteiger partial charge < -0.3 is 19.5 Å². The largest absolute Gasteiger partial charge is 0.486 e. The first-order valence-corrected chi connectivity index (χ1v) is 11.9. The molecule has 1 amide bonds. The van der Waals surface area contributed by atoms with Gasteiger partial charge in [-0.3, -0.25) is 19.6 Å². The van der Waals surface area contributed by atoms with Crippen molar-refractivity contribution in [1.82, 2.24) is 19.8 Å². The molecule has 2 aromatic heterocycles. The zero-order chi connectivity index (χ0) is 24.4. The molecule has 9 heteroatoms. The maximum atomic E-state index is 13.2. The van der Waals surface area contributed by atoms with Gasteiger partial charge in [0.05, 0.1) is 24.4 Å². The first-order valence-electron chi connectivity index (χ1n) is 11.9. The Morgan fingerprint density at radius 1 is 1.17 bits per heavy atom. The van der Waals surface area contributed by atoms with Crippen molar-refractivity contribution < 1.29 is 19.0 Å². The van der Waals surface area contributed by atoms with E-state index in [0.717, 1.165) is 37.4 Å². The molecule has 9 nitrogen and oxygen atoms in total. The third kappa shape index (κ3) is 5.01. The number of pyridine rings is 2. The molecule has 2 atom stereocenters. The van der Waals surface area contributed by atoms with Crippen LogP contribution in [0.4, 0.5) is 5.69 Å². The highest BCUT2D eigenvalue weighted by atomic mass is 16.6. The lowest BCUT2D eigenvalue weighted by Gasteiger charge is -2.40. The van der Waals surface area contributed by atoms with E-state index in [1.807, 2.05) is 19.2 Å². The number of ether oxygens (including phenoxy) is 3. The first kappa shape index (κ1) is 23.3. The number of carbonyl (C=O) groups is 1. The predicted molar refractivity (Wildman–Crippen MR) is 133 cm³/mol. The third-order valence-corrected chi connectivity index (χ3v) is 6.79. The molecule has 0 aliphatic carbocycles. The van der Waals surface area contributed by atoms with Crippen molar-refractivity contribution in [3.8, 4) is 17.4 Å². The zero-order valence-electron chi connectivity index (χ0n) is 20.4. The predicted octanol–water partition coefficient (Wildman–Crippen LogP) is 2.94. The van der Waals surface area contributed by atoms with Gasteiger partial charge in [-0.1, -0.05) is 6.07 Å². The Labute approximate surface area is 205 Å². The third-order valence-electron chi connectivity index (χ3n) is 6.79. The minimum absolute atomic E-state index is 0.0300. The van der Waals surface area contributed by atoms with Crippen LogP contribution in [0.5, 0.6) is 17.4 Å².